The van der Waals surface area contributed by atoms with Crippen molar-refractivity contribution in [2.75, 3.05) is 13.2 Å². The van der Waals surface area contributed by atoms with Crippen LogP contribution in [0.4, 0.5) is 0 Å². The molecule has 6 heteroatoms. The Bertz CT molecular complexity index is 854. The van der Waals surface area contributed by atoms with E-state index < -0.39 is 6.10 Å². The molecule has 0 heterocycles. The second-order valence-electron chi connectivity index (χ2n) is 16.4. The molecule has 0 saturated heterocycles. The lowest BCUT2D eigenvalue weighted by atomic mass is 10.0. The molecule has 0 aliphatic heterocycles. The first-order chi connectivity index (χ1) is 27.0. The lowest BCUT2D eigenvalue weighted by molar-refractivity contribution is -0.167. The zero-order chi connectivity index (χ0) is 40.1. The maximum absolute atomic E-state index is 12.7. The smallest absolute Gasteiger partial charge is 0.306 e. The van der Waals surface area contributed by atoms with Crippen molar-refractivity contribution in [1.82, 2.24) is 0 Å². The molecule has 324 valence electrons. The van der Waals surface area contributed by atoms with Gasteiger partial charge in [0.05, 0.1) is 0 Å². The Balaban J connectivity index is 4.28. The molecule has 0 N–H and O–H groups in total. The second kappa shape index (κ2) is 44.9. The van der Waals surface area contributed by atoms with Gasteiger partial charge in [0.15, 0.2) is 6.10 Å². The van der Waals surface area contributed by atoms with Crippen molar-refractivity contribution in [3.8, 4) is 0 Å². The highest BCUT2D eigenvalue weighted by atomic mass is 16.6. The van der Waals surface area contributed by atoms with Gasteiger partial charge in [0.1, 0.15) is 13.2 Å². The Kier molecular flexibility index (Phi) is 43.4. The van der Waals surface area contributed by atoms with Crippen LogP contribution in [0.5, 0.6) is 0 Å². The number of unbranched alkanes of at least 4 members (excludes halogenated alkanes) is 31. The summed E-state index contributed by atoms with van der Waals surface area (Å²) in [5, 5.41) is 0. The molecule has 0 rings (SSSR count). The number of carbonyl (C=O) groups is 3. The predicted octanol–water partition coefficient (Wildman–Crippen LogP) is 15.4. The zero-order valence-corrected chi connectivity index (χ0v) is 37.0. The van der Waals surface area contributed by atoms with Crippen LogP contribution in [0, 0.1) is 0 Å². The number of rotatable bonds is 44. The molecule has 0 fully saturated rings. The topological polar surface area (TPSA) is 78.9 Å². The van der Waals surface area contributed by atoms with Crippen LogP contribution in [-0.2, 0) is 28.6 Å². The van der Waals surface area contributed by atoms with Crippen molar-refractivity contribution in [3.63, 3.8) is 0 Å². The largest absolute Gasteiger partial charge is 0.462 e. The minimum Gasteiger partial charge on any atom is -0.462 e. The highest BCUT2D eigenvalue weighted by Crippen LogP contribution is 2.16. The van der Waals surface area contributed by atoms with Crippen LogP contribution in [0.15, 0.2) is 12.2 Å². The maximum atomic E-state index is 12.7. The van der Waals surface area contributed by atoms with E-state index in [9.17, 15) is 14.4 Å². The van der Waals surface area contributed by atoms with Crippen molar-refractivity contribution in [2.24, 2.45) is 0 Å². The van der Waals surface area contributed by atoms with E-state index in [1.54, 1.807) is 0 Å². The zero-order valence-electron chi connectivity index (χ0n) is 37.0. The highest BCUT2D eigenvalue weighted by molar-refractivity contribution is 5.71. The molecule has 0 aromatic carbocycles. The molecule has 0 aliphatic carbocycles. The van der Waals surface area contributed by atoms with E-state index in [1.165, 1.54) is 161 Å². The van der Waals surface area contributed by atoms with E-state index in [0.29, 0.717) is 19.3 Å². The summed E-state index contributed by atoms with van der Waals surface area (Å²) in [6, 6.07) is 0. The molecule has 0 spiro atoms. The predicted molar refractivity (Wildman–Crippen MR) is 233 cm³/mol. The average Bonchev–Trinajstić information content (AvgIpc) is 3.18. The Hall–Kier alpha value is -1.85. The fraction of sp³-hybridized carbons (Fsp3) is 0.898. The number of esters is 3. The third-order valence-corrected chi connectivity index (χ3v) is 10.8. The van der Waals surface area contributed by atoms with Crippen molar-refractivity contribution in [1.29, 1.82) is 0 Å². The molecule has 0 aliphatic rings. The van der Waals surface area contributed by atoms with Gasteiger partial charge in [-0.1, -0.05) is 213 Å². The summed E-state index contributed by atoms with van der Waals surface area (Å²) in [6.07, 6.45) is 47.7. The first-order valence-corrected chi connectivity index (χ1v) is 24.2. The van der Waals surface area contributed by atoms with Gasteiger partial charge in [-0.3, -0.25) is 14.4 Å². The molecule has 1 unspecified atom stereocenters. The molecular weight excluding hydrogens is 685 g/mol. The van der Waals surface area contributed by atoms with Gasteiger partial charge in [-0.15, -0.1) is 0 Å². The quantitative estimate of drug-likeness (QED) is 0.0265. The first kappa shape index (κ1) is 53.1. The maximum Gasteiger partial charge on any atom is 0.306 e. The van der Waals surface area contributed by atoms with E-state index >= 15 is 0 Å². The van der Waals surface area contributed by atoms with Gasteiger partial charge in [-0.2, -0.15) is 0 Å². The lowest BCUT2D eigenvalue weighted by Gasteiger charge is -2.18. The third-order valence-electron chi connectivity index (χ3n) is 10.8. The Morgan fingerprint density at radius 3 is 0.945 bits per heavy atom. The summed E-state index contributed by atoms with van der Waals surface area (Å²) in [5.41, 5.74) is 0. The molecule has 0 radical (unpaired) electrons. The Labute approximate surface area is 341 Å². The standard InChI is InChI=1S/C49H92O6/c1-4-7-10-13-16-19-21-23-24-25-26-28-30-33-36-39-42-48(51)54-45-46(44-53-47(50)41-38-35-32-29-18-15-12-9-6-3)55-49(52)43-40-37-34-31-27-22-20-17-14-11-8-5-2/h17,20,46H,4-16,18-19,21-45H2,1-3H3/b20-17-. The van der Waals surface area contributed by atoms with E-state index in [4.69, 9.17) is 14.2 Å². The number of hydrogen-bond donors (Lipinski definition) is 0. The van der Waals surface area contributed by atoms with E-state index in [-0.39, 0.29) is 31.1 Å². The second-order valence-corrected chi connectivity index (χ2v) is 16.4. The summed E-state index contributed by atoms with van der Waals surface area (Å²) in [7, 11) is 0. The van der Waals surface area contributed by atoms with Crippen molar-refractivity contribution in [2.45, 2.75) is 271 Å². The van der Waals surface area contributed by atoms with Gasteiger partial charge in [0.25, 0.3) is 0 Å². The van der Waals surface area contributed by atoms with Crippen LogP contribution in [0.1, 0.15) is 265 Å². The summed E-state index contributed by atoms with van der Waals surface area (Å²) in [4.78, 5) is 37.7. The van der Waals surface area contributed by atoms with Crippen molar-refractivity contribution in [3.05, 3.63) is 12.2 Å². The minimum atomic E-state index is -0.765. The van der Waals surface area contributed by atoms with Gasteiger partial charge >= 0.3 is 17.9 Å². The van der Waals surface area contributed by atoms with Gasteiger partial charge in [0, 0.05) is 19.3 Å². The summed E-state index contributed by atoms with van der Waals surface area (Å²) < 4.78 is 16.7. The fourth-order valence-corrected chi connectivity index (χ4v) is 7.08. The molecule has 0 bridgehead atoms. The van der Waals surface area contributed by atoms with Gasteiger partial charge in [0.2, 0.25) is 0 Å². The average molecular weight is 777 g/mol. The van der Waals surface area contributed by atoms with Crippen molar-refractivity contribution < 1.29 is 28.6 Å². The van der Waals surface area contributed by atoms with Crippen LogP contribution >= 0.6 is 0 Å². The summed E-state index contributed by atoms with van der Waals surface area (Å²) in [5.74, 6) is -0.869. The van der Waals surface area contributed by atoms with E-state index in [1.807, 2.05) is 0 Å². The molecule has 6 nitrogen and oxygen atoms in total. The van der Waals surface area contributed by atoms with Crippen LogP contribution in [0.2, 0.25) is 0 Å². The number of ether oxygens (including phenoxy) is 3. The molecule has 55 heavy (non-hydrogen) atoms. The first-order valence-electron chi connectivity index (χ1n) is 24.2. The van der Waals surface area contributed by atoms with Crippen LogP contribution in [0.3, 0.4) is 0 Å². The van der Waals surface area contributed by atoms with Crippen LogP contribution in [-0.4, -0.2) is 37.2 Å². The summed E-state index contributed by atoms with van der Waals surface area (Å²) in [6.45, 7) is 6.61. The minimum absolute atomic E-state index is 0.0687. The molecule has 0 aromatic heterocycles. The Morgan fingerprint density at radius 2 is 0.600 bits per heavy atom. The third kappa shape index (κ3) is 43.1. The fourth-order valence-electron chi connectivity index (χ4n) is 7.08. The summed E-state index contributed by atoms with van der Waals surface area (Å²) >= 11 is 0. The number of carbonyl (C=O) groups excluding carboxylic acids is 3. The molecule has 1 atom stereocenters. The lowest BCUT2D eigenvalue weighted by Crippen LogP contribution is -2.30. The molecule has 0 amide bonds. The molecule has 0 saturated carbocycles. The normalized spacial score (nSPS) is 12.0. The number of allylic oxidation sites excluding steroid dienone is 2. The van der Waals surface area contributed by atoms with E-state index in [0.717, 1.165) is 64.2 Å². The Morgan fingerprint density at radius 1 is 0.345 bits per heavy atom. The molecule has 0 aromatic rings. The monoisotopic (exact) mass is 777 g/mol. The highest BCUT2D eigenvalue weighted by Gasteiger charge is 2.19. The van der Waals surface area contributed by atoms with Crippen LogP contribution < -0.4 is 0 Å². The van der Waals surface area contributed by atoms with Crippen molar-refractivity contribution >= 4 is 17.9 Å². The van der Waals surface area contributed by atoms with Gasteiger partial charge in [-0.25, -0.2) is 0 Å². The number of hydrogen-bond acceptors (Lipinski definition) is 6. The van der Waals surface area contributed by atoms with Gasteiger partial charge < -0.3 is 14.2 Å². The van der Waals surface area contributed by atoms with Crippen LogP contribution in [0.25, 0.3) is 0 Å². The van der Waals surface area contributed by atoms with Gasteiger partial charge in [-0.05, 0) is 44.9 Å². The molecular formula is C49H92O6. The van der Waals surface area contributed by atoms with E-state index in [2.05, 4.69) is 32.9 Å². The SMILES string of the molecule is CCCCC/C=C\CCCCCCCC(=O)OC(COC(=O)CCCCCCCCCCC)COC(=O)CCCCCCCCCCCCCCCCCC.